The standard InChI is InChI=1S/C19H33NO/c1-5-11-16(4)15-18(20-14-6-2)19(21-7-3)17-12-9-8-10-13-17/h8-10,12-13,16,18-20H,5-7,11,14-15H2,1-4H3. The van der Waals surface area contributed by atoms with Crippen LogP contribution in [-0.4, -0.2) is 19.2 Å². The Hall–Kier alpha value is -0.860. The van der Waals surface area contributed by atoms with Crippen LogP contribution in [-0.2, 0) is 4.74 Å². The number of hydrogen-bond donors (Lipinski definition) is 1. The summed E-state index contributed by atoms with van der Waals surface area (Å²) >= 11 is 0. The minimum absolute atomic E-state index is 0.155. The van der Waals surface area contributed by atoms with Gasteiger partial charge in [-0.25, -0.2) is 0 Å². The van der Waals surface area contributed by atoms with Crippen LogP contribution in [0.3, 0.4) is 0 Å². The van der Waals surface area contributed by atoms with Crippen LogP contribution in [0.1, 0.15) is 65.0 Å². The van der Waals surface area contributed by atoms with E-state index in [4.69, 9.17) is 4.74 Å². The topological polar surface area (TPSA) is 21.3 Å². The molecule has 0 bridgehead atoms. The van der Waals surface area contributed by atoms with Gasteiger partial charge in [-0.05, 0) is 37.8 Å². The summed E-state index contributed by atoms with van der Waals surface area (Å²) in [5.74, 6) is 0.732. The Morgan fingerprint density at radius 2 is 1.76 bits per heavy atom. The highest BCUT2D eigenvalue weighted by molar-refractivity contribution is 5.19. The van der Waals surface area contributed by atoms with E-state index >= 15 is 0 Å². The predicted molar refractivity (Wildman–Crippen MR) is 91.6 cm³/mol. The minimum atomic E-state index is 0.155. The third-order valence-corrected chi connectivity index (χ3v) is 3.93. The minimum Gasteiger partial charge on any atom is -0.372 e. The van der Waals surface area contributed by atoms with Gasteiger partial charge in [-0.15, -0.1) is 0 Å². The fourth-order valence-corrected chi connectivity index (χ4v) is 2.95. The molecular weight excluding hydrogens is 258 g/mol. The highest BCUT2D eigenvalue weighted by atomic mass is 16.5. The lowest BCUT2D eigenvalue weighted by molar-refractivity contribution is 0.0266. The average molecular weight is 291 g/mol. The maximum Gasteiger partial charge on any atom is 0.0977 e. The third-order valence-electron chi connectivity index (χ3n) is 3.93. The molecule has 0 fully saturated rings. The molecule has 0 heterocycles. The van der Waals surface area contributed by atoms with Gasteiger partial charge >= 0.3 is 0 Å². The Morgan fingerprint density at radius 1 is 1.05 bits per heavy atom. The lowest BCUT2D eigenvalue weighted by Gasteiger charge is -2.30. The van der Waals surface area contributed by atoms with Crippen LogP contribution in [0.5, 0.6) is 0 Å². The van der Waals surface area contributed by atoms with E-state index in [-0.39, 0.29) is 6.10 Å². The Balaban J connectivity index is 2.83. The average Bonchev–Trinajstić information content (AvgIpc) is 2.50. The molecule has 3 atom stereocenters. The van der Waals surface area contributed by atoms with Crippen LogP contribution in [0.25, 0.3) is 0 Å². The lowest BCUT2D eigenvalue weighted by atomic mass is 9.91. The van der Waals surface area contributed by atoms with Crippen molar-refractivity contribution in [3.8, 4) is 0 Å². The number of hydrogen-bond acceptors (Lipinski definition) is 2. The number of ether oxygens (including phenoxy) is 1. The second kappa shape index (κ2) is 10.8. The molecule has 21 heavy (non-hydrogen) atoms. The van der Waals surface area contributed by atoms with Crippen LogP contribution in [0.4, 0.5) is 0 Å². The SMILES string of the molecule is CCCNC(CC(C)CCC)C(OCC)c1ccccc1. The molecule has 0 aliphatic rings. The van der Waals surface area contributed by atoms with Crippen molar-refractivity contribution in [2.75, 3.05) is 13.2 Å². The predicted octanol–water partition coefficient (Wildman–Crippen LogP) is 4.96. The van der Waals surface area contributed by atoms with Gasteiger partial charge in [0.05, 0.1) is 6.10 Å². The lowest BCUT2D eigenvalue weighted by Crippen LogP contribution is -2.38. The van der Waals surface area contributed by atoms with Crippen LogP contribution in [0, 0.1) is 5.92 Å². The van der Waals surface area contributed by atoms with E-state index in [1.54, 1.807) is 0 Å². The van der Waals surface area contributed by atoms with Crippen molar-refractivity contribution >= 4 is 0 Å². The largest absolute Gasteiger partial charge is 0.372 e. The summed E-state index contributed by atoms with van der Waals surface area (Å²) in [5.41, 5.74) is 1.29. The van der Waals surface area contributed by atoms with Gasteiger partial charge in [0.25, 0.3) is 0 Å². The summed E-state index contributed by atoms with van der Waals surface area (Å²) in [4.78, 5) is 0. The van der Waals surface area contributed by atoms with Gasteiger partial charge in [-0.3, -0.25) is 0 Å². The van der Waals surface area contributed by atoms with Crippen molar-refractivity contribution in [3.05, 3.63) is 35.9 Å². The normalized spacial score (nSPS) is 15.6. The van der Waals surface area contributed by atoms with Crippen molar-refractivity contribution in [3.63, 3.8) is 0 Å². The smallest absolute Gasteiger partial charge is 0.0977 e. The highest BCUT2D eigenvalue weighted by Gasteiger charge is 2.24. The molecule has 2 heteroatoms. The number of benzene rings is 1. The summed E-state index contributed by atoms with van der Waals surface area (Å²) in [6, 6.07) is 11.0. The van der Waals surface area contributed by atoms with Crippen LogP contribution in [0.2, 0.25) is 0 Å². The summed E-state index contributed by atoms with van der Waals surface area (Å²) in [6.07, 6.45) is 5.03. The monoisotopic (exact) mass is 291 g/mol. The molecule has 3 unspecified atom stereocenters. The zero-order valence-corrected chi connectivity index (χ0v) is 14.3. The molecule has 1 aromatic rings. The van der Waals surface area contributed by atoms with Crippen molar-refractivity contribution < 1.29 is 4.74 Å². The van der Waals surface area contributed by atoms with Crippen LogP contribution < -0.4 is 5.32 Å². The van der Waals surface area contributed by atoms with E-state index in [9.17, 15) is 0 Å². The molecule has 1 rings (SSSR count). The van der Waals surface area contributed by atoms with E-state index in [0.717, 1.165) is 25.5 Å². The molecule has 120 valence electrons. The first-order valence-electron chi connectivity index (χ1n) is 8.62. The molecule has 0 aromatic heterocycles. The summed E-state index contributed by atoms with van der Waals surface area (Å²) in [7, 11) is 0. The van der Waals surface area contributed by atoms with E-state index in [1.807, 2.05) is 0 Å². The van der Waals surface area contributed by atoms with Gasteiger partial charge < -0.3 is 10.1 Å². The fourth-order valence-electron chi connectivity index (χ4n) is 2.95. The zero-order chi connectivity index (χ0) is 15.5. The maximum atomic E-state index is 6.10. The summed E-state index contributed by atoms with van der Waals surface area (Å²) < 4.78 is 6.10. The van der Waals surface area contributed by atoms with Gasteiger partial charge in [0.2, 0.25) is 0 Å². The third kappa shape index (κ3) is 6.62. The van der Waals surface area contributed by atoms with E-state index in [2.05, 4.69) is 63.3 Å². The molecule has 0 spiro atoms. The van der Waals surface area contributed by atoms with Gasteiger partial charge in [-0.1, -0.05) is 63.9 Å². The van der Waals surface area contributed by atoms with Crippen molar-refractivity contribution in [2.45, 2.75) is 65.5 Å². The Labute approximate surface area is 131 Å². The molecule has 0 radical (unpaired) electrons. The first-order valence-corrected chi connectivity index (χ1v) is 8.62. The summed E-state index contributed by atoms with van der Waals surface area (Å²) in [5, 5.41) is 3.72. The maximum absolute atomic E-state index is 6.10. The number of nitrogens with one attached hydrogen (secondary N) is 1. The second-order valence-corrected chi connectivity index (χ2v) is 5.98. The Kier molecular flexibility index (Phi) is 9.36. The molecule has 1 N–H and O–H groups in total. The van der Waals surface area contributed by atoms with Crippen LogP contribution in [0.15, 0.2) is 30.3 Å². The first-order chi connectivity index (χ1) is 10.2. The second-order valence-electron chi connectivity index (χ2n) is 5.98. The molecule has 2 nitrogen and oxygen atoms in total. The highest BCUT2D eigenvalue weighted by Crippen LogP contribution is 2.27. The van der Waals surface area contributed by atoms with Crippen molar-refractivity contribution in [1.29, 1.82) is 0 Å². The molecule has 0 aliphatic heterocycles. The van der Waals surface area contributed by atoms with E-state index in [0.29, 0.717) is 6.04 Å². The number of rotatable bonds is 11. The quantitative estimate of drug-likeness (QED) is 0.622. The van der Waals surface area contributed by atoms with E-state index < -0.39 is 0 Å². The molecule has 1 aromatic carbocycles. The van der Waals surface area contributed by atoms with Gasteiger partial charge in [-0.2, -0.15) is 0 Å². The first kappa shape index (κ1) is 18.2. The van der Waals surface area contributed by atoms with Gasteiger partial charge in [0.15, 0.2) is 0 Å². The van der Waals surface area contributed by atoms with Crippen LogP contribution >= 0.6 is 0 Å². The van der Waals surface area contributed by atoms with Gasteiger partial charge in [0, 0.05) is 12.6 Å². The molecule has 0 aliphatic carbocycles. The summed E-state index contributed by atoms with van der Waals surface area (Å²) in [6.45, 7) is 10.7. The molecule has 0 saturated heterocycles. The Morgan fingerprint density at radius 3 is 2.33 bits per heavy atom. The fraction of sp³-hybridized carbons (Fsp3) is 0.684. The van der Waals surface area contributed by atoms with Crippen molar-refractivity contribution in [2.24, 2.45) is 5.92 Å². The molecule has 0 saturated carbocycles. The van der Waals surface area contributed by atoms with Gasteiger partial charge in [0.1, 0.15) is 0 Å². The zero-order valence-electron chi connectivity index (χ0n) is 14.3. The van der Waals surface area contributed by atoms with Crippen molar-refractivity contribution in [1.82, 2.24) is 5.32 Å². The molecular formula is C19H33NO. The molecule has 0 amide bonds. The van der Waals surface area contributed by atoms with E-state index in [1.165, 1.54) is 24.8 Å². The Bertz CT molecular complexity index is 352.